The van der Waals surface area contributed by atoms with Gasteiger partial charge in [0.1, 0.15) is 5.69 Å². The van der Waals surface area contributed by atoms with E-state index < -0.39 is 0 Å². The number of nitriles is 2. The number of nitrogens with zero attached hydrogens (tertiary/aromatic N) is 5. The average Bonchev–Trinajstić information content (AvgIpc) is 2.67. The molecule has 0 aliphatic heterocycles. The molecule has 1 fully saturated rings. The summed E-state index contributed by atoms with van der Waals surface area (Å²) in [6.07, 6.45) is 6.42. The van der Waals surface area contributed by atoms with Crippen molar-refractivity contribution < 1.29 is 0 Å². The predicted octanol–water partition coefficient (Wildman–Crippen LogP) is 2.31. The minimum absolute atomic E-state index is 0.351. The lowest BCUT2D eigenvalue weighted by atomic mass is 9.81. The van der Waals surface area contributed by atoms with E-state index in [1.165, 1.54) is 25.0 Å². The second kappa shape index (κ2) is 6.16. The number of unbranched alkanes of at least 4 members (excludes halogenated alkanes) is 2. The molecule has 1 aromatic heterocycles. The number of aryl methyl sites for hydroxylation is 1. The fraction of sp³-hybridized carbons (Fsp3) is 0.692. The molecule has 0 radical (unpaired) electrons. The SMILES string of the molecule is N#CCCCCn1nnc(CC#N)c1C1CCC1. The highest BCUT2D eigenvalue weighted by molar-refractivity contribution is 5.20. The molecule has 1 heterocycles. The van der Waals surface area contributed by atoms with Crippen LogP contribution in [-0.2, 0) is 13.0 Å². The maximum absolute atomic E-state index is 8.81. The summed E-state index contributed by atoms with van der Waals surface area (Å²) in [5.74, 6) is 0.541. The average molecular weight is 243 g/mol. The van der Waals surface area contributed by atoms with Gasteiger partial charge in [0.25, 0.3) is 0 Å². The molecular weight excluding hydrogens is 226 g/mol. The van der Waals surface area contributed by atoms with Crippen LogP contribution in [0.1, 0.15) is 55.8 Å². The largest absolute Gasteiger partial charge is 0.249 e. The van der Waals surface area contributed by atoms with Crippen molar-refractivity contribution in [1.29, 1.82) is 10.5 Å². The lowest BCUT2D eigenvalue weighted by Gasteiger charge is -2.26. The van der Waals surface area contributed by atoms with E-state index in [-0.39, 0.29) is 0 Å². The summed E-state index contributed by atoms with van der Waals surface area (Å²) >= 11 is 0. The molecule has 0 bridgehead atoms. The van der Waals surface area contributed by atoms with Gasteiger partial charge in [-0.05, 0) is 25.7 Å². The van der Waals surface area contributed by atoms with Gasteiger partial charge < -0.3 is 0 Å². The van der Waals surface area contributed by atoms with Gasteiger partial charge >= 0.3 is 0 Å². The van der Waals surface area contributed by atoms with Crippen LogP contribution < -0.4 is 0 Å². The van der Waals surface area contributed by atoms with Crippen LogP contribution in [0, 0.1) is 22.7 Å². The number of hydrogen-bond donors (Lipinski definition) is 0. The molecule has 0 amide bonds. The molecule has 0 saturated heterocycles. The lowest BCUT2D eigenvalue weighted by molar-refractivity contribution is 0.382. The fourth-order valence-corrected chi connectivity index (χ4v) is 2.32. The second-order valence-electron chi connectivity index (χ2n) is 4.72. The van der Waals surface area contributed by atoms with Crippen LogP contribution in [-0.4, -0.2) is 15.0 Å². The maximum atomic E-state index is 8.81. The molecule has 1 aromatic rings. The smallest absolute Gasteiger partial charge is 0.100 e. The molecule has 1 aliphatic carbocycles. The van der Waals surface area contributed by atoms with Gasteiger partial charge in [-0.1, -0.05) is 11.6 Å². The van der Waals surface area contributed by atoms with Crippen LogP contribution in [0.15, 0.2) is 0 Å². The van der Waals surface area contributed by atoms with Crippen LogP contribution in [0.3, 0.4) is 0 Å². The molecule has 1 saturated carbocycles. The summed E-state index contributed by atoms with van der Waals surface area (Å²) in [4.78, 5) is 0. The van der Waals surface area contributed by atoms with E-state index in [1.54, 1.807) is 0 Å². The van der Waals surface area contributed by atoms with Gasteiger partial charge in [0.15, 0.2) is 0 Å². The van der Waals surface area contributed by atoms with Crippen molar-refractivity contribution in [2.24, 2.45) is 0 Å². The summed E-state index contributed by atoms with van der Waals surface area (Å²) in [5, 5.41) is 25.6. The minimum Gasteiger partial charge on any atom is -0.249 e. The number of hydrogen-bond acceptors (Lipinski definition) is 4. The van der Waals surface area contributed by atoms with E-state index in [0.717, 1.165) is 25.1 Å². The summed E-state index contributed by atoms with van der Waals surface area (Å²) in [6, 6.07) is 4.31. The van der Waals surface area contributed by atoms with E-state index in [0.29, 0.717) is 18.8 Å². The molecule has 94 valence electrons. The van der Waals surface area contributed by atoms with Crippen LogP contribution in [0.2, 0.25) is 0 Å². The highest BCUT2D eigenvalue weighted by Crippen LogP contribution is 2.37. The van der Waals surface area contributed by atoms with E-state index in [1.807, 2.05) is 4.68 Å². The third kappa shape index (κ3) is 2.68. The van der Waals surface area contributed by atoms with Crippen molar-refractivity contribution in [3.8, 4) is 12.1 Å². The van der Waals surface area contributed by atoms with Gasteiger partial charge in [-0.2, -0.15) is 10.5 Å². The molecule has 18 heavy (non-hydrogen) atoms. The van der Waals surface area contributed by atoms with Crippen LogP contribution in [0.25, 0.3) is 0 Å². The molecular formula is C13H17N5. The molecule has 0 aromatic carbocycles. The van der Waals surface area contributed by atoms with Gasteiger partial charge in [0.2, 0.25) is 0 Å². The summed E-state index contributed by atoms with van der Waals surface area (Å²) in [5.41, 5.74) is 2.02. The molecule has 0 unspecified atom stereocenters. The molecule has 1 aliphatic rings. The zero-order valence-electron chi connectivity index (χ0n) is 10.5. The fourth-order valence-electron chi connectivity index (χ4n) is 2.32. The van der Waals surface area contributed by atoms with Gasteiger partial charge in [0, 0.05) is 18.9 Å². The Bertz CT molecular complexity index is 473. The quantitative estimate of drug-likeness (QED) is 0.718. The second-order valence-corrected chi connectivity index (χ2v) is 4.72. The highest BCUT2D eigenvalue weighted by atomic mass is 15.4. The standard InChI is InChI=1S/C13H17N5/c14-8-2-1-3-10-18-13(11-5-4-6-11)12(7-9-15)16-17-18/h11H,1-7,10H2. The van der Waals surface area contributed by atoms with Gasteiger partial charge in [-0.25, -0.2) is 4.68 Å². The summed E-state index contributed by atoms with van der Waals surface area (Å²) in [7, 11) is 0. The molecule has 0 atom stereocenters. The Labute approximate surface area is 107 Å². The van der Waals surface area contributed by atoms with E-state index >= 15 is 0 Å². The van der Waals surface area contributed by atoms with Crippen LogP contribution >= 0.6 is 0 Å². The van der Waals surface area contributed by atoms with Crippen molar-refractivity contribution in [3.05, 3.63) is 11.4 Å². The lowest BCUT2D eigenvalue weighted by Crippen LogP contribution is -2.17. The first kappa shape index (κ1) is 12.6. The van der Waals surface area contributed by atoms with E-state index in [4.69, 9.17) is 10.5 Å². The minimum atomic E-state index is 0.351. The summed E-state index contributed by atoms with van der Waals surface area (Å²) < 4.78 is 1.95. The Balaban J connectivity index is 2.04. The zero-order chi connectivity index (χ0) is 12.8. The first-order chi connectivity index (χ1) is 8.86. The maximum Gasteiger partial charge on any atom is 0.100 e. The number of rotatable bonds is 6. The van der Waals surface area contributed by atoms with Crippen molar-refractivity contribution in [3.63, 3.8) is 0 Å². The van der Waals surface area contributed by atoms with Crippen LogP contribution in [0.5, 0.6) is 0 Å². The Kier molecular flexibility index (Phi) is 4.30. The van der Waals surface area contributed by atoms with Crippen molar-refractivity contribution >= 4 is 0 Å². The Morgan fingerprint density at radius 1 is 1.22 bits per heavy atom. The molecule has 2 rings (SSSR count). The molecule has 5 nitrogen and oxygen atoms in total. The third-order valence-electron chi connectivity index (χ3n) is 3.49. The first-order valence-corrected chi connectivity index (χ1v) is 6.53. The molecule has 0 spiro atoms. The predicted molar refractivity (Wildman–Crippen MR) is 65.4 cm³/mol. The van der Waals surface area contributed by atoms with Gasteiger partial charge in [0.05, 0.1) is 24.3 Å². The zero-order valence-corrected chi connectivity index (χ0v) is 10.5. The highest BCUT2D eigenvalue weighted by Gasteiger charge is 2.27. The molecule has 0 N–H and O–H groups in total. The normalized spacial score (nSPS) is 14.8. The molecule has 5 heteroatoms. The van der Waals surface area contributed by atoms with Crippen molar-refractivity contribution in [1.82, 2.24) is 15.0 Å². The number of aromatic nitrogens is 3. The first-order valence-electron chi connectivity index (χ1n) is 6.53. The topological polar surface area (TPSA) is 78.3 Å². The third-order valence-corrected chi connectivity index (χ3v) is 3.49. The van der Waals surface area contributed by atoms with E-state index in [2.05, 4.69) is 22.5 Å². The summed E-state index contributed by atoms with van der Waals surface area (Å²) in [6.45, 7) is 0.811. The van der Waals surface area contributed by atoms with Gasteiger partial charge in [-0.15, -0.1) is 5.10 Å². The van der Waals surface area contributed by atoms with E-state index in [9.17, 15) is 0 Å². The van der Waals surface area contributed by atoms with Gasteiger partial charge in [-0.3, -0.25) is 0 Å². The Morgan fingerprint density at radius 3 is 2.67 bits per heavy atom. The van der Waals surface area contributed by atoms with Crippen molar-refractivity contribution in [2.45, 2.75) is 57.4 Å². The van der Waals surface area contributed by atoms with Crippen molar-refractivity contribution in [2.75, 3.05) is 0 Å². The monoisotopic (exact) mass is 243 g/mol. The van der Waals surface area contributed by atoms with Crippen LogP contribution in [0.4, 0.5) is 0 Å². The Hall–Kier alpha value is -1.88. The Morgan fingerprint density at radius 2 is 2.06 bits per heavy atom.